The lowest BCUT2D eigenvalue weighted by Gasteiger charge is -2.33. The first-order valence-electron chi connectivity index (χ1n) is 9.68. The van der Waals surface area contributed by atoms with Crippen LogP contribution in [0.1, 0.15) is 31.2 Å². The van der Waals surface area contributed by atoms with Gasteiger partial charge in [-0.05, 0) is 56.3 Å². The molecule has 6 nitrogen and oxygen atoms in total. The number of ether oxygens (including phenoxy) is 1. The van der Waals surface area contributed by atoms with E-state index in [1.54, 1.807) is 25.3 Å². The smallest absolute Gasteiger partial charge is 0.237 e. The van der Waals surface area contributed by atoms with E-state index < -0.39 is 0 Å². The normalized spacial score (nSPS) is 21.7. The highest BCUT2D eigenvalue weighted by atomic mass is 35.5. The predicted octanol–water partition coefficient (Wildman–Crippen LogP) is 2.42. The molecule has 28 heavy (non-hydrogen) atoms. The molecule has 2 fully saturated rings. The number of amides is 2. The molecular formula is C20H29Cl2N3O3. The van der Waals surface area contributed by atoms with Crippen molar-refractivity contribution in [3.05, 3.63) is 28.8 Å². The lowest BCUT2D eigenvalue weighted by Crippen LogP contribution is -2.47. The van der Waals surface area contributed by atoms with Crippen LogP contribution in [0, 0.1) is 5.92 Å². The Morgan fingerprint density at radius 1 is 1.32 bits per heavy atom. The number of piperidine rings is 1. The minimum atomic E-state index is -0.0541. The molecule has 2 heterocycles. The van der Waals surface area contributed by atoms with Crippen molar-refractivity contribution in [1.29, 1.82) is 0 Å². The van der Waals surface area contributed by atoms with Crippen LogP contribution in [0.25, 0.3) is 0 Å². The molecule has 0 aromatic heterocycles. The van der Waals surface area contributed by atoms with Crippen molar-refractivity contribution in [2.45, 2.75) is 38.1 Å². The highest BCUT2D eigenvalue weighted by Gasteiger charge is 2.26. The molecule has 1 aromatic carbocycles. The zero-order chi connectivity index (χ0) is 19.2. The minimum absolute atomic E-state index is 0. The predicted molar refractivity (Wildman–Crippen MR) is 112 cm³/mol. The average Bonchev–Trinajstić information content (AvgIpc) is 3.21. The molecule has 0 spiro atoms. The van der Waals surface area contributed by atoms with E-state index in [0.717, 1.165) is 44.3 Å². The fourth-order valence-corrected chi connectivity index (χ4v) is 4.09. The van der Waals surface area contributed by atoms with Gasteiger partial charge in [-0.1, -0.05) is 11.6 Å². The average molecular weight is 430 g/mol. The van der Waals surface area contributed by atoms with Crippen LogP contribution in [0.4, 0.5) is 0 Å². The molecule has 0 saturated carbocycles. The molecule has 0 bridgehead atoms. The lowest BCUT2D eigenvalue weighted by atomic mass is 9.97. The highest BCUT2D eigenvalue weighted by Crippen LogP contribution is 2.24. The third-order valence-corrected chi connectivity index (χ3v) is 5.63. The number of likely N-dealkylation sites (tertiary alicyclic amines) is 1. The fourth-order valence-electron chi connectivity index (χ4n) is 3.89. The molecule has 1 aromatic rings. The van der Waals surface area contributed by atoms with E-state index in [4.69, 9.17) is 16.3 Å². The minimum Gasteiger partial charge on any atom is -0.496 e. The maximum absolute atomic E-state index is 12.8. The van der Waals surface area contributed by atoms with Gasteiger partial charge in [0.05, 0.1) is 19.6 Å². The molecule has 2 amide bonds. The maximum Gasteiger partial charge on any atom is 0.237 e. The summed E-state index contributed by atoms with van der Waals surface area (Å²) in [6.45, 7) is 2.98. The monoisotopic (exact) mass is 429 g/mol. The Hall–Kier alpha value is -1.50. The van der Waals surface area contributed by atoms with Crippen molar-refractivity contribution < 1.29 is 14.3 Å². The van der Waals surface area contributed by atoms with Gasteiger partial charge < -0.3 is 20.3 Å². The number of methoxy groups -OCH3 is 1. The Morgan fingerprint density at radius 2 is 2.14 bits per heavy atom. The topological polar surface area (TPSA) is 70.7 Å². The van der Waals surface area contributed by atoms with Crippen molar-refractivity contribution in [2.75, 3.05) is 33.3 Å². The van der Waals surface area contributed by atoms with E-state index in [0.29, 0.717) is 29.8 Å². The van der Waals surface area contributed by atoms with Crippen LogP contribution in [-0.2, 0) is 16.0 Å². The summed E-state index contributed by atoms with van der Waals surface area (Å²) in [5.74, 6) is 1.13. The number of halogens is 2. The van der Waals surface area contributed by atoms with E-state index in [1.165, 1.54) is 0 Å². The molecule has 8 heteroatoms. The molecule has 2 atom stereocenters. The summed E-state index contributed by atoms with van der Waals surface area (Å²) in [5.41, 5.74) is 0.803. The maximum atomic E-state index is 12.8. The summed E-state index contributed by atoms with van der Waals surface area (Å²) >= 11 is 6.07. The summed E-state index contributed by atoms with van der Waals surface area (Å²) in [7, 11) is 1.59. The van der Waals surface area contributed by atoms with E-state index in [1.807, 2.05) is 4.90 Å². The molecule has 2 saturated heterocycles. The number of carbonyl (C=O) groups excluding carboxylic acids is 2. The van der Waals surface area contributed by atoms with Crippen molar-refractivity contribution in [1.82, 2.24) is 15.5 Å². The third-order valence-electron chi connectivity index (χ3n) is 5.40. The summed E-state index contributed by atoms with van der Waals surface area (Å²) < 4.78 is 5.34. The molecule has 2 N–H and O–H groups in total. The number of hydrogen-bond donors (Lipinski definition) is 2. The van der Waals surface area contributed by atoms with Gasteiger partial charge in [-0.2, -0.15) is 0 Å². The lowest BCUT2D eigenvalue weighted by molar-refractivity contribution is -0.132. The van der Waals surface area contributed by atoms with Gasteiger partial charge in [0.25, 0.3) is 0 Å². The van der Waals surface area contributed by atoms with Gasteiger partial charge in [-0.3, -0.25) is 9.59 Å². The Balaban J connectivity index is 0.00000280. The number of nitrogens with one attached hydrogen (secondary N) is 2. The molecule has 0 aliphatic carbocycles. The molecule has 156 valence electrons. The van der Waals surface area contributed by atoms with Crippen LogP contribution in [-0.4, -0.2) is 56.0 Å². The first-order chi connectivity index (χ1) is 13.1. The third kappa shape index (κ3) is 6.00. The van der Waals surface area contributed by atoms with E-state index >= 15 is 0 Å². The highest BCUT2D eigenvalue weighted by molar-refractivity contribution is 6.30. The SMILES string of the molecule is COc1ccc(Cl)cc1CC(=O)N1CCCC(CNC(=O)C2CCCN2)C1.Cl. The second-order valence-electron chi connectivity index (χ2n) is 7.38. The zero-order valence-corrected chi connectivity index (χ0v) is 17.8. The van der Waals surface area contributed by atoms with Crippen molar-refractivity contribution in [2.24, 2.45) is 5.92 Å². The Morgan fingerprint density at radius 3 is 2.86 bits per heavy atom. The van der Waals surface area contributed by atoms with Crippen molar-refractivity contribution in [3.8, 4) is 5.75 Å². The molecule has 2 unspecified atom stereocenters. The largest absolute Gasteiger partial charge is 0.496 e. The van der Waals surface area contributed by atoms with Gasteiger partial charge in [-0.25, -0.2) is 0 Å². The van der Waals surface area contributed by atoms with Gasteiger partial charge in [0.15, 0.2) is 0 Å². The Labute approximate surface area is 177 Å². The second kappa shape index (κ2) is 10.9. The Kier molecular flexibility index (Phi) is 8.86. The molecule has 2 aliphatic heterocycles. The fraction of sp³-hybridized carbons (Fsp3) is 0.600. The zero-order valence-electron chi connectivity index (χ0n) is 16.2. The van der Waals surface area contributed by atoms with E-state index in [9.17, 15) is 9.59 Å². The van der Waals surface area contributed by atoms with Crippen LogP contribution < -0.4 is 15.4 Å². The van der Waals surface area contributed by atoms with Gasteiger partial charge in [0.2, 0.25) is 11.8 Å². The number of nitrogens with zero attached hydrogens (tertiary/aromatic N) is 1. The standard InChI is InChI=1S/C20H28ClN3O3.ClH/c1-27-18-7-6-16(21)10-15(18)11-19(25)24-9-3-4-14(13-24)12-23-20(26)17-5-2-8-22-17;/h6-7,10,14,17,22H,2-5,8-9,11-13H2,1H3,(H,23,26);1H. The number of rotatable bonds is 6. The quantitative estimate of drug-likeness (QED) is 0.728. The first kappa shape index (κ1) is 22.8. The summed E-state index contributed by atoms with van der Waals surface area (Å²) in [4.78, 5) is 26.8. The van der Waals surface area contributed by atoms with Crippen LogP contribution in [0.15, 0.2) is 18.2 Å². The molecule has 3 rings (SSSR count). The van der Waals surface area contributed by atoms with Crippen LogP contribution in [0.2, 0.25) is 5.02 Å². The van der Waals surface area contributed by atoms with Crippen LogP contribution >= 0.6 is 24.0 Å². The molecule has 2 aliphatic rings. The van der Waals surface area contributed by atoms with Gasteiger partial charge in [0, 0.05) is 30.2 Å². The van der Waals surface area contributed by atoms with Crippen LogP contribution in [0.3, 0.4) is 0 Å². The van der Waals surface area contributed by atoms with Gasteiger partial charge in [0.1, 0.15) is 5.75 Å². The second-order valence-corrected chi connectivity index (χ2v) is 7.81. The van der Waals surface area contributed by atoms with E-state index in [2.05, 4.69) is 10.6 Å². The van der Waals surface area contributed by atoms with Crippen molar-refractivity contribution in [3.63, 3.8) is 0 Å². The summed E-state index contributed by atoms with van der Waals surface area (Å²) in [5, 5.41) is 6.86. The number of benzene rings is 1. The number of carbonyl (C=O) groups is 2. The number of hydrogen-bond acceptors (Lipinski definition) is 4. The summed E-state index contributed by atoms with van der Waals surface area (Å²) in [6, 6.07) is 5.28. The van der Waals surface area contributed by atoms with Crippen molar-refractivity contribution >= 4 is 35.8 Å². The molecule has 0 radical (unpaired) electrons. The van der Waals surface area contributed by atoms with Gasteiger partial charge >= 0.3 is 0 Å². The van der Waals surface area contributed by atoms with Crippen LogP contribution in [0.5, 0.6) is 5.75 Å². The first-order valence-corrected chi connectivity index (χ1v) is 10.1. The van der Waals surface area contributed by atoms with Gasteiger partial charge in [-0.15, -0.1) is 12.4 Å². The molecular weight excluding hydrogens is 401 g/mol. The van der Waals surface area contributed by atoms with E-state index in [-0.39, 0.29) is 36.7 Å². The summed E-state index contributed by atoms with van der Waals surface area (Å²) in [6.07, 6.45) is 4.22. The Bertz CT molecular complexity index is 681.